The topological polar surface area (TPSA) is 98.3 Å². The van der Waals surface area contributed by atoms with Gasteiger partial charge in [0, 0.05) is 23.2 Å². The number of hydrogen-bond acceptors (Lipinski definition) is 4. The van der Waals surface area contributed by atoms with Crippen molar-refractivity contribution in [3.8, 4) is 0 Å². The second-order valence-corrected chi connectivity index (χ2v) is 5.21. The van der Waals surface area contributed by atoms with Gasteiger partial charge in [-0.05, 0) is 38.3 Å². The number of hydrogen-bond donors (Lipinski definition) is 2. The number of halogens is 1. The zero-order valence-electron chi connectivity index (χ0n) is 11.9. The minimum absolute atomic E-state index is 0. The van der Waals surface area contributed by atoms with Gasteiger partial charge < -0.3 is 11.1 Å². The van der Waals surface area contributed by atoms with Gasteiger partial charge in [-0.2, -0.15) is 0 Å². The number of nitrogens with one attached hydrogen (secondary N) is 1. The Morgan fingerprint density at radius 2 is 2.19 bits per heavy atom. The lowest BCUT2D eigenvalue weighted by Crippen LogP contribution is -2.40. The lowest BCUT2D eigenvalue weighted by Gasteiger charge is -2.20. The third-order valence-electron chi connectivity index (χ3n) is 4.02. The second-order valence-electron chi connectivity index (χ2n) is 5.21. The van der Waals surface area contributed by atoms with Crippen LogP contribution >= 0.6 is 12.4 Å². The summed E-state index contributed by atoms with van der Waals surface area (Å²) in [7, 11) is 0. The van der Waals surface area contributed by atoms with Crippen LogP contribution < -0.4 is 11.1 Å². The van der Waals surface area contributed by atoms with Gasteiger partial charge in [0.2, 0.25) is 0 Å². The van der Waals surface area contributed by atoms with Crippen molar-refractivity contribution >= 4 is 24.0 Å². The number of benzene rings is 1. The van der Waals surface area contributed by atoms with Crippen molar-refractivity contribution in [1.29, 1.82) is 0 Å². The average Bonchev–Trinajstić information content (AvgIpc) is 2.85. The van der Waals surface area contributed by atoms with Gasteiger partial charge in [-0.25, -0.2) is 0 Å². The average molecular weight is 314 g/mol. The van der Waals surface area contributed by atoms with Crippen LogP contribution in [0.1, 0.15) is 35.2 Å². The minimum Gasteiger partial charge on any atom is -0.349 e. The number of carbonyl (C=O) groups excluding carboxylic acids is 1. The molecule has 1 aromatic rings. The Morgan fingerprint density at radius 3 is 2.81 bits per heavy atom. The van der Waals surface area contributed by atoms with Crippen molar-refractivity contribution < 1.29 is 9.72 Å². The van der Waals surface area contributed by atoms with E-state index in [0.29, 0.717) is 23.6 Å². The Hall–Kier alpha value is -1.66. The number of nitrogens with two attached hydrogens (primary N) is 1. The molecule has 3 N–H and O–H groups in total. The molecule has 0 bridgehead atoms. The number of rotatable bonds is 4. The van der Waals surface area contributed by atoms with Crippen molar-refractivity contribution in [1.82, 2.24) is 5.32 Å². The van der Waals surface area contributed by atoms with Crippen molar-refractivity contribution in [3.63, 3.8) is 0 Å². The molecule has 2 atom stereocenters. The molecular formula is C14H20ClN3O3. The Kier molecular flexibility index (Phi) is 6.11. The summed E-state index contributed by atoms with van der Waals surface area (Å²) in [5, 5.41) is 13.9. The van der Waals surface area contributed by atoms with E-state index in [9.17, 15) is 14.9 Å². The van der Waals surface area contributed by atoms with Gasteiger partial charge in [0.15, 0.2) is 0 Å². The summed E-state index contributed by atoms with van der Waals surface area (Å²) in [4.78, 5) is 22.7. The van der Waals surface area contributed by atoms with E-state index in [1.54, 1.807) is 13.0 Å². The van der Waals surface area contributed by atoms with Crippen LogP contribution in [0.4, 0.5) is 5.69 Å². The summed E-state index contributed by atoms with van der Waals surface area (Å²) in [5.41, 5.74) is 6.43. The Balaban J connectivity index is 0.00000220. The fraction of sp³-hybridized carbons (Fsp3) is 0.500. The number of nitrogens with zero attached hydrogens (tertiary/aromatic N) is 1. The molecule has 0 aliphatic heterocycles. The smallest absolute Gasteiger partial charge is 0.273 e. The number of nitro groups is 1. The standard InChI is InChI=1S/C14H19N3O3.ClH/c1-9-11(5-3-7-13(9)17(19)20)14(18)16-12-6-2-4-10(12)8-15;/h3,5,7,10,12H,2,4,6,8,15H2,1H3,(H,16,18);1H. The van der Waals surface area contributed by atoms with Crippen LogP contribution in [0, 0.1) is 23.0 Å². The van der Waals surface area contributed by atoms with Crippen LogP contribution in [0.25, 0.3) is 0 Å². The highest BCUT2D eigenvalue weighted by molar-refractivity contribution is 5.96. The Morgan fingerprint density at radius 1 is 1.48 bits per heavy atom. The molecular weight excluding hydrogens is 294 g/mol. The maximum absolute atomic E-state index is 12.3. The highest BCUT2D eigenvalue weighted by Crippen LogP contribution is 2.26. The van der Waals surface area contributed by atoms with Gasteiger partial charge in [-0.3, -0.25) is 14.9 Å². The summed E-state index contributed by atoms with van der Waals surface area (Å²) in [6.45, 7) is 2.15. The molecule has 6 nitrogen and oxygen atoms in total. The normalized spacial score (nSPS) is 20.7. The van der Waals surface area contributed by atoms with Gasteiger partial charge in [-0.1, -0.05) is 12.5 Å². The fourth-order valence-corrected chi connectivity index (χ4v) is 2.82. The first-order valence-corrected chi connectivity index (χ1v) is 6.79. The van der Waals surface area contributed by atoms with E-state index >= 15 is 0 Å². The highest BCUT2D eigenvalue weighted by atomic mass is 35.5. The Bertz CT molecular complexity index is 536. The lowest BCUT2D eigenvalue weighted by atomic mass is 10.0. The third kappa shape index (κ3) is 3.71. The molecule has 1 aliphatic carbocycles. The molecule has 0 radical (unpaired) electrons. The monoisotopic (exact) mass is 313 g/mol. The molecule has 0 spiro atoms. The minimum atomic E-state index is -0.468. The van der Waals surface area contributed by atoms with Gasteiger partial charge in [0.1, 0.15) is 0 Å². The van der Waals surface area contributed by atoms with E-state index < -0.39 is 4.92 Å². The van der Waals surface area contributed by atoms with Gasteiger partial charge in [0.25, 0.3) is 11.6 Å². The van der Waals surface area contributed by atoms with E-state index in [2.05, 4.69) is 5.32 Å². The van der Waals surface area contributed by atoms with E-state index in [0.717, 1.165) is 19.3 Å². The molecule has 1 saturated carbocycles. The summed E-state index contributed by atoms with van der Waals surface area (Å²) >= 11 is 0. The molecule has 2 rings (SSSR count). The predicted molar refractivity (Wildman–Crippen MR) is 82.7 cm³/mol. The maximum atomic E-state index is 12.3. The molecule has 7 heteroatoms. The number of carbonyl (C=O) groups is 1. The second kappa shape index (κ2) is 7.38. The van der Waals surface area contributed by atoms with Crippen LogP contribution in [-0.4, -0.2) is 23.4 Å². The molecule has 1 amide bonds. The van der Waals surface area contributed by atoms with Crippen LogP contribution in [0.3, 0.4) is 0 Å². The van der Waals surface area contributed by atoms with Crippen molar-refractivity contribution in [2.24, 2.45) is 11.7 Å². The molecule has 0 saturated heterocycles. The SMILES string of the molecule is Cc1c(C(=O)NC2CCCC2CN)cccc1[N+](=O)[O-].Cl. The summed E-state index contributed by atoms with van der Waals surface area (Å²) in [6, 6.07) is 4.63. The fourth-order valence-electron chi connectivity index (χ4n) is 2.82. The summed E-state index contributed by atoms with van der Waals surface area (Å²) in [5.74, 6) is 0.0505. The van der Waals surface area contributed by atoms with E-state index in [1.807, 2.05) is 0 Å². The van der Waals surface area contributed by atoms with Crippen LogP contribution in [0.2, 0.25) is 0 Å². The third-order valence-corrected chi connectivity index (χ3v) is 4.02. The molecule has 21 heavy (non-hydrogen) atoms. The molecule has 1 aromatic carbocycles. The molecule has 1 fully saturated rings. The lowest BCUT2D eigenvalue weighted by molar-refractivity contribution is -0.385. The van der Waals surface area contributed by atoms with Crippen molar-refractivity contribution in [2.75, 3.05) is 6.54 Å². The van der Waals surface area contributed by atoms with Crippen LogP contribution in [0.15, 0.2) is 18.2 Å². The summed E-state index contributed by atoms with van der Waals surface area (Å²) in [6.07, 6.45) is 3.00. The number of nitro benzene ring substituents is 1. The zero-order chi connectivity index (χ0) is 14.7. The quantitative estimate of drug-likeness (QED) is 0.657. The van der Waals surface area contributed by atoms with Gasteiger partial charge >= 0.3 is 0 Å². The molecule has 0 aromatic heterocycles. The maximum Gasteiger partial charge on any atom is 0.273 e. The zero-order valence-corrected chi connectivity index (χ0v) is 12.7. The van der Waals surface area contributed by atoms with E-state index in [-0.39, 0.29) is 30.0 Å². The predicted octanol–water partition coefficient (Wildman–Crippen LogP) is 2.18. The van der Waals surface area contributed by atoms with Crippen molar-refractivity contribution in [2.45, 2.75) is 32.2 Å². The van der Waals surface area contributed by atoms with E-state index in [4.69, 9.17) is 5.73 Å². The molecule has 2 unspecified atom stereocenters. The van der Waals surface area contributed by atoms with Gasteiger partial charge in [0.05, 0.1) is 4.92 Å². The molecule has 1 aliphatic rings. The summed E-state index contributed by atoms with van der Waals surface area (Å²) < 4.78 is 0. The molecule has 0 heterocycles. The van der Waals surface area contributed by atoms with Crippen LogP contribution in [0.5, 0.6) is 0 Å². The van der Waals surface area contributed by atoms with Crippen molar-refractivity contribution in [3.05, 3.63) is 39.4 Å². The van der Waals surface area contributed by atoms with Crippen LogP contribution in [-0.2, 0) is 0 Å². The number of amides is 1. The van der Waals surface area contributed by atoms with E-state index in [1.165, 1.54) is 12.1 Å². The Labute approximate surface area is 129 Å². The van der Waals surface area contributed by atoms with Gasteiger partial charge in [-0.15, -0.1) is 12.4 Å². The first-order valence-electron chi connectivity index (χ1n) is 6.79. The highest BCUT2D eigenvalue weighted by Gasteiger charge is 2.28. The first kappa shape index (κ1) is 17.4. The molecule has 116 valence electrons. The first-order chi connectivity index (χ1) is 9.54. The largest absolute Gasteiger partial charge is 0.349 e.